The number of halogens is 4. The van der Waals surface area contributed by atoms with E-state index >= 15 is 0 Å². The number of aromatic nitrogens is 2. The van der Waals surface area contributed by atoms with Crippen LogP contribution < -0.4 is 0 Å². The number of allylic oxidation sites excluding steroid dienone is 2. The highest BCUT2D eigenvalue weighted by molar-refractivity contribution is 5.99. The molecule has 0 amide bonds. The predicted molar refractivity (Wildman–Crippen MR) is 128 cm³/mol. The van der Waals surface area contributed by atoms with Crippen LogP contribution in [0, 0.1) is 5.82 Å². The molecule has 178 valence electrons. The third-order valence-electron chi connectivity index (χ3n) is 5.46. The highest BCUT2D eigenvalue weighted by Crippen LogP contribution is 2.30. The van der Waals surface area contributed by atoms with E-state index in [-0.39, 0.29) is 5.82 Å². The Labute approximate surface area is 200 Å². The molecule has 8 heteroatoms. The lowest BCUT2D eigenvalue weighted by Gasteiger charge is -2.21. The number of nitrogens with zero attached hydrogens (tertiary/aromatic N) is 4. The van der Waals surface area contributed by atoms with Crippen LogP contribution in [-0.2, 0) is 12.7 Å². The molecule has 2 aromatic carbocycles. The average molecular weight is 478 g/mol. The molecule has 0 atom stereocenters. The number of aliphatic imine (C=N–C) groups is 1. The smallest absolute Gasteiger partial charge is 0.346 e. The van der Waals surface area contributed by atoms with E-state index in [1.807, 2.05) is 36.4 Å². The van der Waals surface area contributed by atoms with Crippen molar-refractivity contribution in [1.29, 1.82) is 0 Å². The van der Waals surface area contributed by atoms with Crippen molar-refractivity contribution in [3.8, 4) is 11.3 Å². The number of benzene rings is 2. The van der Waals surface area contributed by atoms with Crippen molar-refractivity contribution in [2.75, 3.05) is 0 Å². The minimum atomic E-state index is -4.38. The molecule has 0 radical (unpaired) electrons. The first-order valence-electron chi connectivity index (χ1n) is 10.9. The number of hydrogen-bond acceptors (Lipinski definition) is 4. The zero-order chi connectivity index (χ0) is 25.0. The standard InChI is InChI=1S/C27H22F4N4/c1-3-19-14-15-35(17-26(19)32-18(2)23-6-4-5-7-24(23)28)16-22-12-13-25(34-33-22)20-8-10-21(11-9-20)27(29,30)31/h3-15,17H,16H2,1-2H3/b19-3?,32-18+. The third-order valence-corrected chi connectivity index (χ3v) is 5.46. The first-order valence-corrected chi connectivity index (χ1v) is 10.9. The number of hydrogen-bond donors (Lipinski definition) is 0. The molecule has 0 saturated carbocycles. The topological polar surface area (TPSA) is 41.4 Å². The van der Waals surface area contributed by atoms with Gasteiger partial charge in [-0.05, 0) is 55.8 Å². The van der Waals surface area contributed by atoms with Crippen LogP contribution in [0.15, 0.2) is 101 Å². The number of rotatable bonds is 5. The maximum Gasteiger partial charge on any atom is 0.416 e. The van der Waals surface area contributed by atoms with Crippen LogP contribution in [0.5, 0.6) is 0 Å². The molecule has 2 heterocycles. The summed E-state index contributed by atoms with van der Waals surface area (Å²) in [6, 6.07) is 14.8. The highest BCUT2D eigenvalue weighted by atomic mass is 19.4. The van der Waals surface area contributed by atoms with E-state index in [1.54, 1.807) is 37.3 Å². The Bertz CT molecular complexity index is 1320. The second kappa shape index (κ2) is 10.0. The summed E-state index contributed by atoms with van der Waals surface area (Å²) >= 11 is 0. The largest absolute Gasteiger partial charge is 0.416 e. The van der Waals surface area contributed by atoms with Gasteiger partial charge < -0.3 is 4.90 Å². The molecule has 3 aromatic rings. The Balaban J connectivity index is 1.51. The highest BCUT2D eigenvalue weighted by Gasteiger charge is 2.30. The molecule has 1 aliphatic heterocycles. The Hall–Kier alpha value is -4.07. The van der Waals surface area contributed by atoms with Crippen LogP contribution in [-0.4, -0.2) is 20.8 Å². The van der Waals surface area contributed by atoms with Crippen molar-refractivity contribution in [1.82, 2.24) is 15.1 Å². The number of alkyl halides is 3. The van der Waals surface area contributed by atoms with E-state index in [4.69, 9.17) is 0 Å². The van der Waals surface area contributed by atoms with Gasteiger partial charge in [-0.1, -0.05) is 36.4 Å². The van der Waals surface area contributed by atoms with Crippen molar-refractivity contribution in [2.45, 2.75) is 26.6 Å². The first kappa shape index (κ1) is 24.1. The van der Waals surface area contributed by atoms with Crippen molar-refractivity contribution in [2.24, 2.45) is 4.99 Å². The van der Waals surface area contributed by atoms with Crippen LogP contribution in [0.1, 0.15) is 30.7 Å². The second-order valence-corrected chi connectivity index (χ2v) is 7.91. The maximum atomic E-state index is 14.2. The summed E-state index contributed by atoms with van der Waals surface area (Å²) in [6.07, 6.45) is 3.20. The van der Waals surface area contributed by atoms with Crippen LogP contribution in [0.4, 0.5) is 17.6 Å². The molecule has 4 nitrogen and oxygen atoms in total. The van der Waals surface area contributed by atoms with Gasteiger partial charge in [0.25, 0.3) is 0 Å². The van der Waals surface area contributed by atoms with Gasteiger partial charge in [0.2, 0.25) is 0 Å². The predicted octanol–water partition coefficient (Wildman–Crippen LogP) is 6.93. The normalized spacial score (nSPS) is 15.5. The van der Waals surface area contributed by atoms with Crippen molar-refractivity contribution < 1.29 is 17.6 Å². The van der Waals surface area contributed by atoms with Gasteiger partial charge in [0.15, 0.2) is 0 Å². The van der Waals surface area contributed by atoms with Crippen LogP contribution in [0.2, 0.25) is 0 Å². The van der Waals surface area contributed by atoms with Gasteiger partial charge in [0.1, 0.15) is 5.82 Å². The fourth-order valence-electron chi connectivity index (χ4n) is 3.58. The molecule has 0 fully saturated rings. The molecule has 0 saturated heterocycles. The summed E-state index contributed by atoms with van der Waals surface area (Å²) in [4.78, 5) is 6.54. The van der Waals surface area contributed by atoms with Gasteiger partial charge in [0.05, 0.1) is 29.2 Å². The van der Waals surface area contributed by atoms with E-state index in [0.29, 0.717) is 40.5 Å². The molecular formula is C27H22F4N4. The molecule has 0 unspecified atom stereocenters. The molecule has 0 aliphatic carbocycles. The molecule has 1 aliphatic rings. The van der Waals surface area contributed by atoms with E-state index in [0.717, 1.165) is 17.7 Å². The first-order chi connectivity index (χ1) is 16.7. The zero-order valence-electron chi connectivity index (χ0n) is 19.1. The van der Waals surface area contributed by atoms with Gasteiger partial charge in [-0.3, -0.25) is 4.99 Å². The monoisotopic (exact) mass is 478 g/mol. The van der Waals surface area contributed by atoms with Gasteiger partial charge in [-0.2, -0.15) is 23.4 Å². The van der Waals surface area contributed by atoms with Gasteiger partial charge >= 0.3 is 6.18 Å². The molecule has 0 N–H and O–H groups in total. The summed E-state index contributed by atoms with van der Waals surface area (Å²) in [5.41, 5.74) is 3.57. The van der Waals surface area contributed by atoms with Gasteiger partial charge in [0, 0.05) is 29.2 Å². The molecule has 0 spiro atoms. The average Bonchev–Trinajstić information content (AvgIpc) is 2.84. The lowest BCUT2D eigenvalue weighted by molar-refractivity contribution is -0.137. The summed E-state index contributed by atoms with van der Waals surface area (Å²) < 4.78 is 52.5. The fourth-order valence-corrected chi connectivity index (χ4v) is 3.58. The SMILES string of the molecule is CC=C1C=CN(Cc2ccc(-c3ccc(C(F)(F)F)cc3)nn2)C=C1/N=C(\C)c1ccccc1F. The van der Waals surface area contributed by atoms with Gasteiger partial charge in [-0.25, -0.2) is 4.39 Å². The third kappa shape index (κ3) is 5.71. The Kier molecular flexibility index (Phi) is 6.91. The Morgan fingerprint density at radius 1 is 1.00 bits per heavy atom. The van der Waals surface area contributed by atoms with E-state index < -0.39 is 11.7 Å². The fraction of sp³-hybridized carbons (Fsp3) is 0.148. The summed E-state index contributed by atoms with van der Waals surface area (Å²) in [5, 5.41) is 8.40. The molecule has 35 heavy (non-hydrogen) atoms. The lowest BCUT2D eigenvalue weighted by atomic mass is 10.1. The molecule has 0 bridgehead atoms. The van der Waals surface area contributed by atoms with E-state index in [9.17, 15) is 17.6 Å². The van der Waals surface area contributed by atoms with Crippen molar-refractivity contribution in [3.05, 3.63) is 119 Å². The Morgan fingerprint density at radius 3 is 2.37 bits per heavy atom. The maximum absolute atomic E-state index is 14.2. The van der Waals surface area contributed by atoms with Crippen LogP contribution in [0.3, 0.4) is 0 Å². The summed E-state index contributed by atoms with van der Waals surface area (Å²) in [6.45, 7) is 4.08. The lowest BCUT2D eigenvalue weighted by Crippen LogP contribution is -2.15. The van der Waals surface area contributed by atoms with Crippen molar-refractivity contribution in [3.63, 3.8) is 0 Å². The van der Waals surface area contributed by atoms with Gasteiger partial charge in [-0.15, -0.1) is 0 Å². The molecular weight excluding hydrogens is 456 g/mol. The summed E-state index contributed by atoms with van der Waals surface area (Å²) in [5.74, 6) is -0.331. The van der Waals surface area contributed by atoms with Crippen molar-refractivity contribution >= 4 is 5.71 Å². The summed E-state index contributed by atoms with van der Waals surface area (Å²) in [7, 11) is 0. The quantitative estimate of drug-likeness (QED) is 0.295. The zero-order valence-corrected chi connectivity index (χ0v) is 19.1. The van der Waals surface area contributed by atoms with E-state index in [2.05, 4.69) is 15.2 Å². The van der Waals surface area contributed by atoms with Crippen LogP contribution >= 0.6 is 0 Å². The minimum absolute atomic E-state index is 0.331. The second-order valence-electron chi connectivity index (χ2n) is 7.91. The molecule has 1 aromatic heterocycles. The van der Waals surface area contributed by atoms with E-state index in [1.165, 1.54) is 18.2 Å². The minimum Gasteiger partial charge on any atom is -0.346 e. The molecule has 4 rings (SSSR count). The van der Waals surface area contributed by atoms with Crippen LogP contribution in [0.25, 0.3) is 11.3 Å². The Morgan fingerprint density at radius 2 is 1.74 bits per heavy atom.